The lowest BCUT2D eigenvalue weighted by Crippen LogP contribution is -2.32. The van der Waals surface area contributed by atoms with Gasteiger partial charge in [0.1, 0.15) is 5.75 Å². The van der Waals surface area contributed by atoms with Crippen LogP contribution in [0.15, 0.2) is 23.0 Å². The van der Waals surface area contributed by atoms with E-state index < -0.39 is 0 Å². The summed E-state index contributed by atoms with van der Waals surface area (Å²) < 4.78 is 7.08. The van der Waals surface area contributed by atoms with Crippen molar-refractivity contribution >= 4 is 11.0 Å². The fraction of sp³-hybridized carbons (Fsp3) is 0.500. The highest BCUT2D eigenvalue weighted by Crippen LogP contribution is 2.29. The standard InChI is InChI=1S/C14H19N3O2/c1-3-16-8-4-5-13(16)17-12-7-6-10(19-2)9-11(12)15-14(17)18/h6-7,9,13H,3-5,8H2,1-2H3,(H,15,18). The summed E-state index contributed by atoms with van der Waals surface area (Å²) in [6.07, 6.45) is 2.36. The van der Waals surface area contributed by atoms with Gasteiger partial charge in [-0.15, -0.1) is 0 Å². The fourth-order valence-electron chi connectivity index (χ4n) is 3.00. The first-order valence-electron chi connectivity index (χ1n) is 6.77. The summed E-state index contributed by atoms with van der Waals surface area (Å²) in [4.78, 5) is 17.5. The van der Waals surface area contributed by atoms with Gasteiger partial charge in [0.05, 0.1) is 24.3 Å². The third-order valence-electron chi connectivity index (χ3n) is 3.96. The van der Waals surface area contributed by atoms with Crippen molar-refractivity contribution < 1.29 is 4.74 Å². The Bertz CT molecular complexity index is 644. The minimum absolute atomic E-state index is 0.0337. The van der Waals surface area contributed by atoms with Crippen molar-refractivity contribution in [1.82, 2.24) is 14.5 Å². The molecule has 2 aromatic rings. The van der Waals surface area contributed by atoms with E-state index in [1.807, 2.05) is 22.8 Å². The Balaban J connectivity index is 2.13. The molecular weight excluding hydrogens is 242 g/mol. The van der Waals surface area contributed by atoms with Crippen molar-refractivity contribution in [1.29, 1.82) is 0 Å². The van der Waals surface area contributed by atoms with Gasteiger partial charge in [0.25, 0.3) is 0 Å². The lowest BCUT2D eigenvalue weighted by atomic mass is 10.2. The second-order valence-corrected chi connectivity index (χ2v) is 4.93. The third-order valence-corrected chi connectivity index (χ3v) is 3.96. The van der Waals surface area contributed by atoms with E-state index in [2.05, 4.69) is 16.8 Å². The maximum absolute atomic E-state index is 12.2. The predicted molar refractivity (Wildman–Crippen MR) is 74.6 cm³/mol. The van der Waals surface area contributed by atoms with Crippen LogP contribution >= 0.6 is 0 Å². The van der Waals surface area contributed by atoms with E-state index in [0.29, 0.717) is 0 Å². The molecule has 0 spiro atoms. The molecule has 1 unspecified atom stereocenters. The van der Waals surface area contributed by atoms with Crippen LogP contribution in [-0.2, 0) is 0 Å². The van der Waals surface area contributed by atoms with E-state index >= 15 is 0 Å². The number of ether oxygens (including phenoxy) is 1. The van der Waals surface area contributed by atoms with E-state index in [9.17, 15) is 4.79 Å². The summed E-state index contributed by atoms with van der Waals surface area (Å²) in [6.45, 7) is 4.18. The van der Waals surface area contributed by atoms with E-state index in [1.165, 1.54) is 0 Å². The molecule has 1 fully saturated rings. The third kappa shape index (κ3) is 1.94. The van der Waals surface area contributed by atoms with Crippen molar-refractivity contribution in [3.8, 4) is 5.75 Å². The average Bonchev–Trinajstić information content (AvgIpc) is 2.99. The molecule has 0 saturated carbocycles. The predicted octanol–water partition coefficient (Wildman–Crippen LogP) is 1.95. The largest absolute Gasteiger partial charge is 0.497 e. The maximum atomic E-state index is 12.2. The normalized spacial score (nSPS) is 20.2. The van der Waals surface area contributed by atoms with Crippen LogP contribution in [-0.4, -0.2) is 34.7 Å². The van der Waals surface area contributed by atoms with Crippen LogP contribution in [0.5, 0.6) is 5.75 Å². The number of aromatic amines is 1. The minimum atomic E-state index is -0.0337. The number of benzene rings is 1. The van der Waals surface area contributed by atoms with Crippen LogP contribution in [0.25, 0.3) is 11.0 Å². The summed E-state index contributed by atoms with van der Waals surface area (Å²) in [5.41, 5.74) is 1.76. The molecule has 102 valence electrons. The number of fused-ring (bicyclic) bond motifs is 1. The molecule has 1 N–H and O–H groups in total. The molecule has 5 nitrogen and oxygen atoms in total. The zero-order valence-electron chi connectivity index (χ0n) is 11.3. The number of likely N-dealkylation sites (tertiary alicyclic amines) is 1. The van der Waals surface area contributed by atoms with Crippen LogP contribution < -0.4 is 10.4 Å². The highest BCUT2D eigenvalue weighted by atomic mass is 16.5. The van der Waals surface area contributed by atoms with Gasteiger partial charge < -0.3 is 9.72 Å². The second kappa shape index (κ2) is 4.74. The van der Waals surface area contributed by atoms with Crippen LogP contribution in [0, 0.1) is 0 Å². The summed E-state index contributed by atoms with van der Waals surface area (Å²) in [5, 5.41) is 0. The first-order valence-corrected chi connectivity index (χ1v) is 6.77. The van der Waals surface area contributed by atoms with Crippen LogP contribution in [0.3, 0.4) is 0 Å². The van der Waals surface area contributed by atoms with Crippen molar-refractivity contribution in [3.05, 3.63) is 28.7 Å². The van der Waals surface area contributed by atoms with Crippen molar-refractivity contribution in [2.24, 2.45) is 0 Å². The average molecular weight is 261 g/mol. The number of methoxy groups -OCH3 is 1. The Kier molecular flexibility index (Phi) is 3.06. The van der Waals surface area contributed by atoms with Gasteiger partial charge in [-0.3, -0.25) is 9.47 Å². The highest BCUT2D eigenvalue weighted by molar-refractivity contribution is 5.77. The lowest BCUT2D eigenvalue weighted by molar-refractivity contribution is 0.204. The molecule has 0 radical (unpaired) electrons. The molecule has 0 amide bonds. The number of hydrogen-bond donors (Lipinski definition) is 1. The van der Waals surface area contributed by atoms with E-state index in [4.69, 9.17) is 4.74 Å². The Morgan fingerprint density at radius 3 is 3.05 bits per heavy atom. The molecule has 1 aliphatic rings. The Morgan fingerprint density at radius 1 is 1.47 bits per heavy atom. The molecule has 1 aliphatic heterocycles. The molecule has 19 heavy (non-hydrogen) atoms. The molecule has 2 heterocycles. The van der Waals surface area contributed by atoms with Gasteiger partial charge in [-0.1, -0.05) is 6.92 Å². The molecule has 1 saturated heterocycles. The lowest BCUT2D eigenvalue weighted by Gasteiger charge is -2.23. The van der Waals surface area contributed by atoms with Gasteiger partial charge in [-0.2, -0.15) is 0 Å². The van der Waals surface area contributed by atoms with E-state index in [0.717, 1.165) is 42.7 Å². The molecular formula is C14H19N3O2. The van der Waals surface area contributed by atoms with Gasteiger partial charge in [-0.25, -0.2) is 4.79 Å². The van der Waals surface area contributed by atoms with Crippen LogP contribution in [0.1, 0.15) is 25.9 Å². The number of aromatic nitrogens is 2. The highest BCUT2D eigenvalue weighted by Gasteiger charge is 2.27. The van der Waals surface area contributed by atoms with E-state index in [-0.39, 0.29) is 11.9 Å². The molecule has 3 rings (SSSR count). The van der Waals surface area contributed by atoms with Gasteiger partial charge in [0, 0.05) is 12.6 Å². The Hall–Kier alpha value is -1.75. The van der Waals surface area contributed by atoms with E-state index in [1.54, 1.807) is 7.11 Å². The van der Waals surface area contributed by atoms with Crippen molar-refractivity contribution in [3.63, 3.8) is 0 Å². The minimum Gasteiger partial charge on any atom is -0.497 e. The van der Waals surface area contributed by atoms with Gasteiger partial charge in [-0.05, 0) is 31.5 Å². The number of nitrogens with zero attached hydrogens (tertiary/aromatic N) is 2. The van der Waals surface area contributed by atoms with Crippen LogP contribution in [0.2, 0.25) is 0 Å². The molecule has 1 atom stereocenters. The SMILES string of the molecule is CCN1CCCC1n1c(=O)[nH]c2cc(OC)ccc21. The number of nitrogens with one attached hydrogen (secondary N) is 1. The second-order valence-electron chi connectivity index (χ2n) is 4.93. The maximum Gasteiger partial charge on any atom is 0.327 e. The molecule has 1 aromatic carbocycles. The number of hydrogen-bond acceptors (Lipinski definition) is 3. The Labute approximate surface area is 111 Å². The van der Waals surface area contributed by atoms with Gasteiger partial charge in [0.2, 0.25) is 0 Å². The smallest absolute Gasteiger partial charge is 0.327 e. The summed E-state index contributed by atoms with van der Waals surface area (Å²) in [5.74, 6) is 0.764. The van der Waals surface area contributed by atoms with Gasteiger partial charge >= 0.3 is 5.69 Å². The fourth-order valence-corrected chi connectivity index (χ4v) is 3.00. The monoisotopic (exact) mass is 261 g/mol. The topological polar surface area (TPSA) is 50.3 Å². The molecule has 0 bridgehead atoms. The zero-order valence-corrected chi connectivity index (χ0v) is 11.3. The molecule has 0 aliphatic carbocycles. The van der Waals surface area contributed by atoms with Gasteiger partial charge in [0.15, 0.2) is 0 Å². The number of rotatable bonds is 3. The molecule has 5 heteroatoms. The summed E-state index contributed by atoms with van der Waals surface area (Å²) >= 11 is 0. The Morgan fingerprint density at radius 2 is 2.32 bits per heavy atom. The van der Waals surface area contributed by atoms with Crippen molar-refractivity contribution in [2.75, 3.05) is 20.2 Å². The summed E-state index contributed by atoms with van der Waals surface area (Å²) in [6, 6.07) is 5.73. The first-order chi connectivity index (χ1) is 9.24. The first kappa shape index (κ1) is 12.3. The number of H-pyrrole nitrogens is 1. The molecule has 1 aromatic heterocycles. The quantitative estimate of drug-likeness (QED) is 0.918. The summed E-state index contributed by atoms with van der Waals surface area (Å²) in [7, 11) is 1.63. The van der Waals surface area contributed by atoms with Crippen LogP contribution in [0.4, 0.5) is 0 Å². The number of imidazole rings is 1. The van der Waals surface area contributed by atoms with Crippen molar-refractivity contribution in [2.45, 2.75) is 25.9 Å². The zero-order chi connectivity index (χ0) is 13.4.